The van der Waals surface area contributed by atoms with Crippen LogP contribution in [0.15, 0.2) is 48.5 Å². The van der Waals surface area contributed by atoms with E-state index in [-0.39, 0.29) is 5.41 Å². The molecule has 0 aliphatic heterocycles. The van der Waals surface area contributed by atoms with Gasteiger partial charge in [0.25, 0.3) is 0 Å². The van der Waals surface area contributed by atoms with Crippen LogP contribution >= 0.6 is 0 Å². The molecule has 0 saturated carbocycles. The molecule has 0 bridgehead atoms. The highest BCUT2D eigenvalue weighted by Crippen LogP contribution is 2.40. The first-order valence-electron chi connectivity index (χ1n) is 7.94. The van der Waals surface area contributed by atoms with Crippen molar-refractivity contribution in [1.29, 1.82) is 0 Å². The molecule has 2 aromatic carbocycles. The summed E-state index contributed by atoms with van der Waals surface area (Å²) in [5, 5.41) is 0. The minimum atomic E-state index is -0.103. The van der Waals surface area contributed by atoms with Crippen molar-refractivity contribution in [2.75, 3.05) is 7.11 Å². The number of methoxy groups -OCH3 is 1. The Hall–Kier alpha value is -2.02. The standard InChI is InChI=1S/C21H26O/c1-6-11-17-14-16(7-2)15-19(20(17)22-5)21(3,4)18-12-9-8-10-13-18/h6,8-15H,7H2,1-5H3. The monoisotopic (exact) mass is 294 g/mol. The zero-order chi connectivity index (χ0) is 16.2. The molecule has 0 fully saturated rings. The predicted octanol–water partition coefficient (Wildman–Crippen LogP) is 5.62. The van der Waals surface area contributed by atoms with Gasteiger partial charge in [0.2, 0.25) is 0 Å². The lowest BCUT2D eigenvalue weighted by Gasteiger charge is -2.29. The third kappa shape index (κ3) is 3.09. The lowest BCUT2D eigenvalue weighted by atomic mass is 9.76. The number of benzene rings is 2. The van der Waals surface area contributed by atoms with Gasteiger partial charge in [-0.2, -0.15) is 0 Å². The Kier molecular flexibility index (Phi) is 5.07. The van der Waals surface area contributed by atoms with Crippen LogP contribution in [0, 0.1) is 0 Å². The van der Waals surface area contributed by atoms with Gasteiger partial charge in [-0.1, -0.05) is 69.3 Å². The molecule has 0 unspecified atom stereocenters. The van der Waals surface area contributed by atoms with Gasteiger partial charge in [0.15, 0.2) is 0 Å². The van der Waals surface area contributed by atoms with Crippen LogP contribution in [0.3, 0.4) is 0 Å². The average molecular weight is 294 g/mol. The highest BCUT2D eigenvalue weighted by molar-refractivity contribution is 5.64. The Bertz CT molecular complexity index is 651. The van der Waals surface area contributed by atoms with E-state index in [1.807, 2.05) is 6.92 Å². The van der Waals surface area contributed by atoms with E-state index in [4.69, 9.17) is 4.74 Å². The molecule has 0 spiro atoms. The Balaban J connectivity index is 2.69. The molecule has 0 aromatic heterocycles. The van der Waals surface area contributed by atoms with Crippen molar-refractivity contribution < 1.29 is 4.74 Å². The van der Waals surface area contributed by atoms with Crippen LogP contribution in [0.25, 0.3) is 6.08 Å². The SMILES string of the molecule is CC=Cc1cc(CC)cc(C(C)(C)c2ccccc2)c1OC. The summed E-state index contributed by atoms with van der Waals surface area (Å²) in [6.45, 7) is 8.76. The summed E-state index contributed by atoms with van der Waals surface area (Å²) in [7, 11) is 1.76. The fourth-order valence-electron chi connectivity index (χ4n) is 2.92. The van der Waals surface area contributed by atoms with Gasteiger partial charge in [-0.05, 0) is 30.5 Å². The highest BCUT2D eigenvalue weighted by Gasteiger charge is 2.28. The lowest BCUT2D eigenvalue weighted by molar-refractivity contribution is 0.399. The number of hydrogen-bond acceptors (Lipinski definition) is 1. The fourth-order valence-corrected chi connectivity index (χ4v) is 2.92. The van der Waals surface area contributed by atoms with Crippen LogP contribution < -0.4 is 4.74 Å². The second-order valence-electron chi connectivity index (χ2n) is 6.11. The van der Waals surface area contributed by atoms with Gasteiger partial charge in [-0.3, -0.25) is 0 Å². The van der Waals surface area contributed by atoms with Gasteiger partial charge in [0.1, 0.15) is 5.75 Å². The molecule has 22 heavy (non-hydrogen) atoms. The van der Waals surface area contributed by atoms with E-state index in [0.717, 1.165) is 17.7 Å². The molecule has 0 radical (unpaired) electrons. The quantitative estimate of drug-likeness (QED) is 0.695. The van der Waals surface area contributed by atoms with E-state index in [1.165, 1.54) is 16.7 Å². The normalized spacial score (nSPS) is 11.9. The molecule has 2 aromatic rings. The summed E-state index contributed by atoms with van der Waals surface area (Å²) in [6.07, 6.45) is 5.21. The van der Waals surface area contributed by atoms with Crippen molar-refractivity contribution in [3.8, 4) is 5.75 Å². The van der Waals surface area contributed by atoms with Crippen molar-refractivity contribution in [3.63, 3.8) is 0 Å². The van der Waals surface area contributed by atoms with Gasteiger partial charge in [-0.15, -0.1) is 0 Å². The van der Waals surface area contributed by atoms with Crippen LogP contribution in [0.2, 0.25) is 0 Å². The van der Waals surface area contributed by atoms with Crippen molar-refractivity contribution in [3.05, 3.63) is 70.8 Å². The van der Waals surface area contributed by atoms with Crippen LogP contribution in [0.1, 0.15) is 49.9 Å². The van der Waals surface area contributed by atoms with Crippen molar-refractivity contribution in [1.82, 2.24) is 0 Å². The number of ether oxygens (including phenoxy) is 1. The lowest BCUT2D eigenvalue weighted by Crippen LogP contribution is -2.20. The van der Waals surface area contributed by atoms with E-state index in [0.29, 0.717) is 0 Å². The highest BCUT2D eigenvalue weighted by atomic mass is 16.5. The molecular weight excluding hydrogens is 268 g/mol. The number of allylic oxidation sites excluding steroid dienone is 1. The summed E-state index contributed by atoms with van der Waals surface area (Å²) in [4.78, 5) is 0. The first-order valence-corrected chi connectivity index (χ1v) is 7.94. The third-order valence-electron chi connectivity index (χ3n) is 4.30. The predicted molar refractivity (Wildman–Crippen MR) is 95.7 cm³/mol. The minimum Gasteiger partial charge on any atom is -0.496 e. The summed E-state index contributed by atoms with van der Waals surface area (Å²) in [5.74, 6) is 0.976. The second kappa shape index (κ2) is 6.83. The Morgan fingerprint density at radius 2 is 1.77 bits per heavy atom. The largest absolute Gasteiger partial charge is 0.496 e. The number of hydrogen-bond donors (Lipinski definition) is 0. The van der Waals surface area contributed by atoms with Crippen LogP contribution in [-0.4, -0.2) is 7.11 Å². The molecule has 0 heterocycles. The van der Waals surface area contributed by atoms with Crippen LogP contribution in [0.4, 0.5) is 0 Å². The molecule has 0 N–H and O–H groups in total. The Labute approximate surface area is 134 Å². The number of aryl methyl sites for hydroxylation is 1. The van der Waals surface area contributed by atoms with Gasteiger partial charge >= 0.3 is 0 Å². The fraction of sp³-hybridized carbons (Fsp3) is 0.333. The van der Waals surface area contributed by atoms with E-state index < -0.39 is 0 Å². The molecule has 0 aliphatic rings. The molecule has 0 amide bonds. The summed E-state index contributed by atoms with van der Waals surface area (Å²) >= 11 is 0. The van der Waals surface area contributed by atoms with E-state index in [2.05, 4.69) is 75.4 Å². The minimum absolute atomic E-state index is 0.103. The smallest absolute Gasteiger partial charge is 0.130 e. The van der Waals surface area contributed by atoms with Crippen LogP contribution in [0.5, 0.6) is 5.75 Å². The summed E-state index contributed by atoms with van der Waals surface area (Å²) in [5.41, 5.74) is 4.94. The van der Waals surface area contributed by atoms with Crippen LogP contribution in [-0.2, 0) is 11.8 Å². The Morgan fingerprint density at radius 3 is 2.32 bits per heavy atom. The molecule has 1 heteroatoms. The first kappa shape index (κ1) is 16.4. The molecule has 0 saturated heterocycles. The second-order valence-corrected chi connectivity index (χ2v) is 6.11. The third-order valence-corrected chi connectivity index (χ3v) is 4.30. The van der Waals surface area contributed by atoms with E-state index in [9.17, 15) is 0 Å². The maximum atomic E-state index is 5.79. The van der Waals surface area contributed by atoms with Crippen molar-refractivity contribution >= 4 is 6.08 Å². The Morgan fingerprint density at radius 1 is 1.09 bits per heavy atom. The van der Waals surface area contributed by atoms with Gasteiger partial charge in [0, 0.05) is 16.5 Å². The first-order chi connectivity index (χ1) is 10.5. The van der Waals surface area contributed by atoms with E-state index >= 15 is 0 Å². The zero-order valence-electron chi connectivity index (χ0n) is 14.3. The van der Waals surface area contributed by atoms with E-state index in [1.54, 1.807) is 7.11 Å². The maximum Gasteiger partial charge on any atom is 0.130 e. The summed E-state index contributed by atoms with van der Waals surface area (Å²) < 4.78 is 5.79. The molecule has 116 valence electrons. The van der Waals surface area contributed by atoms with Gasteiger partial charge < -0.3 is 4.74 Å². The molecular formula is C21H26O. The van der Waals surface area contributed by atoms with Gasteiger partial charge in [-0.25, -0.2) is 0 Å². The average Bonchev–Trinajstić information content (AvgIpc) is 2.55. The summed E-state index contributed by atoms with van der Waals surface area (Å²) in [6, 6.07) is 15.1. The molecule has 0 aliphatic carbocycles. The van der Waals surface area contributed by atoms with Gasteiger partial charge in [0.05, 0.1) is 7.11 Å². The zero-order valence-corrected chi connectivity index (χ0v) is 14.3. The molecule has 1 nitrogen and oxygen atoms in total. The molecule has 2 rings (SSSR count). The molecule has 0 atom stereocenters. The van der Waals surface area contributed by atoms with Crippen molar-refractivity contribution in [2.45, 2.75) is 39.5 Å². The van der Waals surface area contributed by atoms with Crippen molar-refractivity contribution in [2.24, 2.45) is 0 Å². The topological polar surface area (TPSA) is 9.23 Å². The number of rotatable bonds is 5. The maximum absolute atomic E-state index is 5.79.